The van der Waals surface area contributed by atoms with Crippen molar-refractivity contribution < 1.29 is 9.59 Å². The van der Waals surface area contributed by atoms with E-state index in [9.17, 15) is 9.59 Å². The van der Waals surface area contributed by atoms with Crippen molar-refractivity contribution in [2.45, 2.75) is 25.9 Å². The van der Waals surface area contributed by atoms with Crippen molar-refractivity contribution in [1.82, 2.24) is 10.6 Å². The van der Waals surface area contributed by atoms with Gasteiger partial charge in [0.25, 0.3) is 0 Å². The van der Waals surface area contributed by atoms with Crippen LogP contribution in [0.25, 0.3) is 43.1 Å². The van der Waals surface area contributed by atoms with E-state index in [1.807, 2.05) is 48.5 Å². The molecule has 6 rings (SSSR count). The highest BCUT2D eigenvalue weighted by molar-refractivity contribution is 6.03. The minimum atomic E-state index is -0.132. The summed E-state index contributed by atoms with van der Waals surface area (Å²) in [5.41, 5.74) is 2.19. The third-order valence-corrected chi connectivity index (χ3v) is 7.27. The van der Waals surface area contributed by atoms with Gasteiger partial charge in [0.2, 0.25) is 11.8 Å². The SMILES string of the molecule is O=C(CCC(=O)NCc1c2ccccc2cc2ccccc12)NCc1c2ccccc2cc2ccccc12. The van der Waals surface area contributed by atoms with Crippen LogP contribution >= 0.6 is 0 Å². The Bertz CT molecular complexity index is 1580. The first kappa shape index (κ1) is 23.7. The summed E-state index contributed by atoms with van der Waals surface area (Å²) in [7, 11) is 0. The Morgan fingerprint density at radius 3 is 1.05 bits per heavy atom. The van der Waals surface area contributed by atoms with Crippen LogP contribution in [0.15, 0.2) is 109 Å². The molecule has 4 heteroatoms. The number of nitrogens with one attached hydrogen (secondary N) is 2. The predicted octanol–water partition coefficient (Wildman–Crippen LogP) is 7.01. The maximum Gasteiger partial charge on any atom is 0.220 e. The van der Waals surface area contributed by atoms with E-state index in [4.69, 9.17) is 0 Å². The van der Waals surface area contributed by atoms with Gasteiger partial charge in [-0.2, -0.15) is 0 Å². The molecule has 2 N–H and O–H groups in total. The number of carbonyl (C=O) groups excluding carboxylic acids is 2. The van der Waals surface area contributed by atoms with Crippen molar-refractivity contribution in [3.8, 4) is 0 Å². The number of carbonyl (C=O) groups is 2. The summed E-state index contributed by atoms with van der Waals surface area (Å²) in [6, 6.07) is 37.3. The summed E-state index contributed by atoms with van der Waals surface area (Å²) in [5, 5.41) is 15.2. The molecule has 186 valence electrons. The lowest BCUT2D eigenvalue weighted by Crippen LogP contribution is -2.27. The van der Waals surface area contributed by atoms with Gasteiger partial charge in [-0.15, -0.1) is 0 Å². The molecule has 0 aromatic heterocycles. The molecule has 0 aliphatic heterocycles. The first-order chi connectivity index (χ1) is 18.7. The second kappa shape index (κ2) is 10.3. The highest BCUT2D eigenvalue weighted by Crippen LogP contribution is 2.29. The fourth-order valence-corrected chi connectivity index (χ4v) is 5.37. The number of amides is 2. The van der Waals surface area contributed by atoms with Crippen LogP contribution < -0.4 is 10.6 Å². The molecule has 0 unspecified atom stereocenters. The lowest BCUT2D eigenvalue weighted by atomic mass is 9.96. The summed E-state index contributed by atoms with van der Waals surface area (Å²) in [4.78, 5) is 25.5. The van der Waals surface area contributed by atoms with Gasteiger partial charge in [-0.05, 0) is 66.3 Å². The molecule has 0 radical (unpaired) electrons. The number of fused-ring (bicyclic) bond motifs is 4. The van der Waals surface area contributed by atoms with E-state index in [-0.39, 0.29) is 24.7 Å². The molecule has 0 fully saturated rings. The molecule has 0 heterocycles. The lowest BCUT2D eigenvalue weighted by molar-refractivity contribution is -0.126. The van der Waals surface area contributed by atoms with E-state index in [1.54, 1.807) is 0 Å². The minimum absolute atomic E-state index is 0.132. The van der Waals surface area contributed by atoms with Gasteiger partial charge in [0.05, 0.1) is 0 Å². The fraction of sp³-hybridized carbons (Fsp3) is 0.118. The Kier molecular flexibility index (Phi) is 6.45. The second-order valence-corrected chi connectivity index (χ2v) is 9.65. The molecule has 0 aliphatic carbocycles. The van der Waals surface area contributed by atoms with Crippen molar-refractivity contribution in [2.75, 3.05) is 0 Å². The molecule has 2 amide bonds. The average Bonchev–Trinajstić information content (AvgIpc) is 2.96. The zero-order chi connectivity index (χ0) is 25.9. The molecule has 38 heavy (non-hydrogen) atoms. The van der Waals surface area contributed by atoms with E-state index in [1.165, 1.54) is 0 Å². The summed E-state index contributed by atoms with van der Waals surface area (Å²) < 4.78 is 0. The predicted molar refractivity (Wildman–Crippen MR) is 156 cm³/mol. The first-order valence-electron chi connectivity index (χ1n) is 13.0. The zero-order valence-corrected chi connectivity index (χ0v) is 21.0. The fourth-order valence-electron chi connectivity index (χ4n) is 5.37. The smallest absolute Gasteiger partial charge is 0.220 e. The van der Waals surface area contributed by atoms with Crippen LogP contribution in [-0.2, 0) is 22.7 Å². The van der Waals surface area contributed by atoms with Gasteiger partial charge in [-0.1, -0.05) is 97.1 Å². The molecule has 6 aromatic carbocycles. The Balaban J connectivity index is 1.11. The van der Waals surface area contributed by atoms with Crippen LogP contribution in [0, 0.1) is 0 Å². The van der Waals surface area contributed by atoms with E-state index in [0.717, 1.165) is 54.2 Å². The average molecular weight is 497 g/mol. The first-order valence-corrected chi connectivity index (χ1v) is 13.0. The Labute approximate surface area is 221 Å². The minimum Gasteiger partial charge on any atom is -0.352 e. The largest absolute Gasteiger partial charge is 0.352 e. The van der Waals surface area contributed by atoms with Gasteiger partial charge in [0.15, 0.2) is 0 Å². The monoisotopic (exact) mass is 496 g/mol. The standard InChI is InChI=1S/C34H28N2O2/c37-33(35-21-31-27-13-5-1-9-23(27)19-24-10-2-6-14-28(24)31)17-18-34(38)36-22-32-29-15-7-3-11-25(29)20-26-12-4-8-16-30(26)32/h1-16,19-20H,17-18,21-22H2,(H,35,37)(H,36,38). The molecule has 0 saturated carbocycles. The maximum absolute atomic E-state index is 12.7. The van der Waals surface area contributed by atoms with Crippen molar-refractivity contribution in [3.05, 3.63) is 120 Å². The highest BCUT2D eigenvalue weighted by Gasteiger charge is 2.12. The van der Waals surface area contributed by atoms with Crippen molar-refractivity contribution >= 4 is 54.9 Å². The molecule has 0 atom stereocenters. The number of benzene rings is 6. The normalized spacial score (nSPS) is 11.3. The quantitative estimate of drug-likeness (QED) is 0.234. The van der Waals surface area contributed by atoms with Crippen LogP contribution in [0.4, 0.5) is 0 Å². The third kappa shape index (κ3) is 4.69. The van der Waals surface area contributed by atoms with Gasteiger partial charge < -0.3 is 10.6 Å². The van der Waals surface area contributed by atoms with Gasteiger partial charge in [-0.3, -0.25) is 9.59 Å². The number of hydrogen-bond donors (Lipinski definition) is 2. The van der Waals surface area contributed by atoms with E-state index >= 15 is 0 Å². The summed E-state index contributed by atoms with van der Waals surface area (Å²) in [6.45, 7) is 0.842. The third-order valence-electron chi connectivity index (χ3n) is 7.27. The molecule has 6 aromatic rings. The van der Waals surface area contributed by atoms with Crippen LogP contribution in [0.2, 0.25) is 0 Å². The van der Waals surface area contributed by atoms with Crippen molar-refractivity contribution in [1.29, 1.82) is 0 Å². The van der Waals surface area contributed by atoms with Crippen LogP contribution in [-0.4, -0.2) is 11.8 Å². The lowest BCUT2D eigenvalue weighted by Gasteiger charge is -2.13. The van der Waals surface area contributed by atoms with Crippen molar-refractivity contribution in [2.24, 2.45) is 0 Å². The molecule has 0 saturated heterocycles. The second-order valence-electron chi connectivity index (χ2n) is 9.65. The highest BCUT2D eigenvalue weighted by atomic mass is 16.2. The summed E-state index contributed by atoms with van der Waals surface area (Å²) >= 11 is 0. The molecule has 0 aliphatic rings. The maximum atomic E-state index is 12.7. The Morgan fingerprint density at radius 1 is 0.447 bits per heavy atom. The molecule has 0 bridgehead atoms. The van der Waals surface area contributed by atoms with E-state index in [0.29, 0.717) is 13.1 Å². The van der Waals surface area contributed by atoms with Crippen LogP contribution in [0.3, 0.4) is 0 Å². The number of rotatable bonds is 7. The van der Waals surface area contributed by atoms with Gasteiger partial charge in [0.1, 0.15) is 0 Å². The zero-order valence-electron chi connectivity index (χ0n) is 21.0. The molecule has 4 nitrogen and oxygen atoms in total. The van der Waals surface area contributed by atoms with Gasteiger partial charge >= 0.3 is 0 Å². The molecular formula is C34H28N2O2. The van der Waals surface area contributed by atoms with E-state index < -0.39 is 0 Å². The molecule has 0 spiro atoms. The Hall–Kier alpha value is -4.70. The van der Waals surface area contributed by atoms with Crippen LogP contribution in [0.1, 0.15) is 24.0 Å². The molecular weight excluding hydrogens is 468 g/mol. The van der Waals surface area contributed by atoms with E-state index in [2.05, 4.69) is 71.3 Å². The van der Waals surface area contributed by atoms with Gasteiger partial charge in [0, 0.05) is 25.9 Å². The topological polar surface area (TPSA) is 58.2 Å². The Morgan fingerprint density at radius 2 is 0.737 bits per heavy atom. The summed E-state index contributed by atoms with van der Waals surface area (Å²) in [5.74, 6) is -0.263. The van der Waals surface area contributed by atoms with Crippen molar-refractivity contribution in [3.63, 3.8) is 0 Å². The number of hydrogen-bond acceptors (Lipinski definition) is 2. The summed E-state index contributed by atoms with van der Waals surface area (Å²) in [6.07, 6.45) is 0.287. The van der Waals surface area contributed by atoms with Gasteiger partial charge in [-0.25, -0.2) is 0 Å². The van der Waals surface area contributed by atoms with Crippen LogP contribution in [0.5, 0.6) is 0 Å².